The maximum absolute atomic E-state index is 14.5. The van der Waals surface area contributed by atoms with Crippen LogP contribution in [0.1, 0.15) is 81.8 Å². The van der Waals surface area contributed by atoms with Gasteiger partial charge in [-0.25, -0.2) is 4.57 Å². The number of fused-ring (bicyclic) bond motifs is 2. The fraction of sp³-hybridized carbons (Fsp3) is 0.466. The number of hydrogen-bond acceptors (Lipinski definition) is 18. The molecule has 27 nitrogen and oxygen atoms in total. The molecule has 0 bridgehead atoms. The Balaban J connectivity index is 1.18. The van der Waals surface area contributed by atoms with Crippen LogP contribution in [0.2, 0.25) is 0 Å². The molecule has 0 saturated carbocycles. The van der Waals surface area contributed by atoms with E-state index in [2.05, 4.69) is 38.0 Å². The molecule has 7 rings (SSSR count). The summed E-state index contributed by atoms with van der Waals surface area (Å²) in [6.07, 6.45) is -14.2. The van der Waals surface area contributed by atoms with Gasteiger partial charge in [0.1, 0.15) is 66.1 Å². The third-order valence-corrected chi connectivity index (χ3v) is 15.7. The Hall–Kier alpha value is -7.40. The highest BCUT2D eigenvalue weighted by atomic mass is 31.2. The fourth-order valence-electron chi connectivity index (χ4n) is 10.4. The van der Waals surface area contributed by atoms with Gasteiger partial charge in [0, 0.05) is 37.4 Å². The molecule has 15 unspecified atom stereocenters. The SMILES string of the molecule is CCCCCOc1ccc(-c2ccc(-c3ccc(C(=O)NC4CC(O)C(O)NC(=O)C5C(O)C(C)CN5C(=O)C(C(C)O)NC(=O)C(C(O)C(O)c5ccc(OP(=O)(O)O)cc5)NC(=O)C5CC(O)CN5C(=O)C(C(C)O)NC4=O)cc3)cc2)cc1. The number of rotatable bonds is 16. The molecule has 0 aromatic heterocycles. The number of ether oxygens (including phenoxy) is 1. The maximum atomic E-state index is 14.5. The molecular formula is C58H74N7O20P. The van der Waals surface area contributed by atoms with Gasteiger partial charge in [-0.15, -0.1) is 0 Å². The summed E-state index contributed by atoms with van der Waals surface area (Å²) in [5, 5.41) is 102. The van der Waals surface area contributed by atoms with Crippen LogP contribution in [0.3, 0.4) is 0 Å². The predicted octanol–water partition coefficient (Wildman–Crippen LogP) is -1.16. The Morgan fingerprint density at radius 2 is 1.15 bits per heavy atom. The van der Waals surface area contributed by atoms with Gasteiger partial charge >= 0.3 is 7.82 Å². The second-order valence-electron chi connectivity index (χ2n) is 21.8. The van der Waals surface area contributed by atoms with Gasteiger partial charge in [-0.2, -0.15) is 0 Å². The highest BCUT2D eigenvalue weighted by Crippen LogP contribution is 2.38. The molecule has 7 amide bonds. The van der Waals surface area contributed by atoms with Gasteiger partial charge in [0.15, 0.2) is 6.23 Å². The van der Waals surface area contributed by atoms with Crippen LogP contribution in [0.25, 0.3) is 22.3 Å². The van der Waals surface area contributed by atoms with E-state index in [0.29, 0.717) is 12.2 Å². The molecule has 0 spiro atoms. The highest BCUT2D eigenvalue weighted by Gasteiger charge is 2.50. The van der Waals surface area contributed by atoms with Gasteiger partial charge in [-0.05, 0) is 84.5 Å². The molecule has 86 heavy (non-hydrogen) atoms. The molecule has 28 heteroatoms. The highest BCUT2D eigenvalue weighted by molar-refractivity contribution is 7.46. The van der Waals surface area contributed by atoms with E-state index in [-0.39, 0.29) is 16.9 Å². The predicted molar refractivity (Wildman–Crippen MR) is 304 cm³/mol. The first-order valence-electron chi connectivity index (χ1n) is 28.0. The van der Waals surface area contributed by atoms with E-state index in [1.54, 1.807) is 12.1 Å². The van der Waals surface area contributed by atoms with Crippen molar-refractivity contribution in [2.45, 2.75) is 145 Å². The van der Waals surface area contributed by atoms with E-state index in [4.69, 9.17) is 4.74 Å². The van der Waals surface area contributed by atoms with Crippen LogP contribution >= 0.6 is 7.82 Å². The summed E-state index contributed by atoms with van der Waals surface area (Å²) in [4.78, 5) is 120. The van der Waals surface area contributed by atoms with Crippen molar-refractivity contribution in [3.05, 3.63) is 108 Å². The number of phosphoric ester groups is 1. The molecule has 3 saturated heterocycles. The minimum absolute atomic E-state index is 0.0110. The quantitative estimate of drug-likeness (QED) is 0.0465. The van der Waals surface area contributed by atoms with Gasteiger partial charge in [-0.1, -0.05) is 87.4 Å². The summed E-state index contributed by atoms with van der Waals surface area (Å²) in [7, 11) is -5.06. The van der Waals surface area contributed by atoms with Crippen molar-refractivity contribution in [2.75, 3.05) is 19.7 Å². The van der Waals surface area contributed by atoms with Gasteiger partial charge in [0.2, 0.25) is 35.4 Å². The number of phosphoric acid groups is 1. The number of aliphatic hydroxyl groups is 8. The van der Waals surface area contributed by atoms with Crippen LogP contribution in [0.15, 0.2) is 97.1 Å². The second kappa shape index (κ2) is 28.9. The topological polar surface area (TPSA) is 424 Å². The van der Waals surface area contributed by atoms with E-state index in [0.717, 1.165) is 89.6 Å². The van der Waals surface area contributed by atoms with Crippen LogP contribution in [0.4, 0.5) is 0 Å². The lowest BCUT2D eigenvalue weighted by Gasteiger charge is -2.34. The van der Waals surface area contributed by atoms with Crippen LogP contribution in [-0.2, 0) is 33.3 Å². The second-order valence-corrected chi connectivity index (χ2v) is 23.0. The first kappa shape index (κ1) is 66.1. The number of nitrogens with one attached hydrogen (secondary N) is 5. The normalized spacial score (nSPS) is 27.0. The average molecular weight is 1220 g/mol. The lowest BCUT2D eigenvalue weighted by atomic mass is 9.96. The Morgan fingerprint density at radius 3 is 1.70 bits per heavy atom. The number of hydrogen-bond donors (Lipinski definition) is 15. The summed E-state index contributed by atoms with van der Waals surface area (Å²) >= 11 is 0. The molecule has 466 valence electrons. The zero-order valence-electron chi connectivity index (χ0n) is 47.5. The monoisotopic (exact) mass is 1220 g/mol. The Bertz CT molecular complexity index is 3080. The van der Waals surface area contributed by atoms with Gasteiger partial charge in [-0.3, -0.25) is 43.3 Å². The molecule has 15 atom stereocenters. The number of carbonyl (C=O) groups is 7. The Morgan fingerprint density at radius 1 is 0.640 bits per heavy atom. The first-order valence-corrected chi connectivity index (χ1v) is 29.6. The van der Waals surface area contributed by atoms with Crippen molar-refractivity contribution in [3.8, 4) is 33.8 Å². The van der Waals surface area contributed by atoms with Crippen molar-refractivity contribution in [1.29, 1.82) is 0 Å². The minimum atomic E-state index is -5.06. The zero-order valence-corrected chi connectivity index (χ0v) is 48.3. The third-order valence-electron chi connectivity index (χ3n) is 15.3. The molecule has 15 N–H and O–H groups in total. The summed E-state index contributed by atoms with van der Waals surface area (Å²) in [6, 6.07) is 13.6. The average Bonchev–Trinajstić information content (AvgIpc) is 2.75. The Labute approximate surface area is 494 Å². The van der Waals surface area contributed by atoms with Crippen LogP contribution in [0, 0.1) is 5.92 Å². The molecule has 0 radical (unpaired) electrons. The third kappa shape index (κ3) is 16.4. The maximum Gasteiger partial charge on any atom is 0.524 e. The summed E-state index contributed by atoms with van der Waals surface area (Å²) < 4.78 is 21.8. The smallest absolute Gasteiger partial charge is 0.494 e. The van der Waals surface area contributed by atoms with Crippen LogP contribution in [-0.4, -0.2) is 201 Å². The van der Waals surface area contributed by atoms with Crippen molar-refractivity contribution in [3.63, 3.8) is 0 Å². The lowest BCUT2D eigenvalue weighted by molar-refractivity contribution is -0.148. The molecular weight excluding hydrogens is 1150 g/mol. The van der Waals surface area contributed by atoms with Crippen molar-refractivity contribution in [1.82, 2.24) is 36.4 Å². The van der Waals surface area contributed by atoms with E-state index in [9.17, 15) is 88.8 Å². The van der Waals surface area contributed by atoms with Gasteiger partial charge in [0.05, 0.1) is 31.0 Å². The minimum Gasteiger partial charge on any atom is -0.494 e. The molecule has 4 aromatic rings. The van der Waals surface area contributed by atoms with Crippen LogP contribution < -0.4 is 35.8 Å². The van der Waals surface area contributed by atoms with Gasteiger partial charge < -0.3 is 86.5 Å². The summed E-state index contributed by atoms with van der Waals surface area (Å²) in [6.45, 7) is 5.28. The molecule has 3 aliphatic rings. The molecule has 3 aliphatic heterocycles. The van der Waals surface area contributed by atoms with Crippen molar-refractivity contribution >= 4 is 49.2 Å². The fourth-order valence-corrected chi connectivity index (χ4v) is 10.8. The number of nitrogens with zero attached hydrogens (tertiary/aromatic N) is 2. The number of amides is 7. The zero-order chi connectivity index (χ0) is 62.9. The number of carbonyl (C=O) groups excluding carboxylic acids is 7. The number of aliphatic hydroxyl groups excluding tert-OH is 8. The Kier molecular flexibility index (Phi) is 22.2. The number of benzene rings is 4. The number of unbranched alkanes of at least 4 members (excludes halogenated alkanes) is 2. The first-order chi connectivity index (χ1) is 40.6. The molecule has 4 aromatic carbocycles. The van der Waals surface area contributed by atoms with E-state index >= 15 is 0 Å². The van der Waals surface area contributed by atoms with Crippen molar-refractivity contribution < 1.29 is 98.0 Å². The largest absolute Gasteiger partial charge is 0.524 e. The van der Waals surface area contributed by atoms with E-state index < -0.39 is 166 Å². The van der Waals surface area contributed by atoms with Crippen LogP contribution in [0.5, 0.6) is 11.5 Å². The van der Waals surface area contributed by atoms with Crippen molar-refractivity contribution in [2.24, 2.45) is 5.92 Å². The molecule has 0 aliphatic carbocycles. The summed E-state index contributed by atoms with van der Waals surface area (Å²) in [5.74, 6) is -9.20. The molecule has 3 heterocycles. The van der Waals surface area contributed by atoms with E-state index in [1.165, 1.54) is 19.1 Å². The van der Waals surface area contributed by atoms with E-state index in [1.807, 2.05) is 48.5 Å². The molecule has 3 fully saturated rings. The summed E-state index contributed by atoms with van der Waals surface area (Å²) in [5.41, 5.74) is 3.14. The lowest BCUT2D eigenvalue weighted by Crippen LogP contribution is -2.64. The standard InChI is InChI=1S/C58H74N7O20P/c1-5-6-7-24-84-39-20-16-35(17-21-39)33-10-8-32(9-11-33)34-12-14-37(15-13-34)51(73)59-41-26-43(69)54(76)63-56(78)47-48(70)29(2)27-65(47)58(80)45(31(4)67)61-55(77)46(50(72)49(71)36-18-22-40(23-19-36)85-86(81,82)83)62-53(75)42-25-38(68)28-64(42)57(79)44(30(3)66)60-52(41)74/h8-23,29-31,38,41-50,54,66-72,76H,5-7,24-28H2,1-4H3,(H,59,73)(H,60,74)(H,61,77)(H,62,75)(H,63,78)(H2,81,82,83). The van der Waals surface area contributed by atoms with Gasteiger partial charge in [0.25, 0.3) is 5.91 Å².